The Hall–Kier alpha value is -1.89. The largest absolute Gasteiger partial charge is 0.464 e. The zero-order chi connectivity index (χ0) is 11.1. The SMILES string of the molecule is CCOC#CC(OC(C)=O)c1ccco1. The summed E-state index contributed by atoms with van der Waals surface area (Å²) in [6, 6.07) is 3.39. The Bertz CT molecular complexity index is 356. The van der Waals surface area contributed by atoms with Crippen LogP contribution in [0, 0.1) is 12.0 Å². The van der Waals surface area contributed by atoms with E-state index < -0.39 is 12.1 Å². The Labute approximate surface area is 88.2 Å². The zero-order valence-electron chi connectivity index (χ0n) is 8.65. The average Bonchev–Trinajstić information content (AvgIpc) is 2.68. The highest BCUT2D eigenvalue weighted by molar-refractivity contribution is 5.66. The maximum Gasteiger partial charge on any atom is 0.304 e. The number of esters is 1. The molecule has 0 radical (unpaired) electrons. The van der Waals surface area contributed by atoms with E-state index in [0.29, 0.717) is 12.4 Å². The third-order valence-corrected chi connectivity index (χ3v) is 1.49. The Morgan fingerprint density at radius 1 is 1.67 bits per heavy atom. The lowest BCUT2D eigenvalue weighted by Crippen LogP contribution is -2.05. The first-order valence-electron chi connectivity index (χ1n) is 4.57. The highest BCUT2D eigenvalue weighted by Gasteiger charge is 2.14. The highest BCUT2D eigenvalue weighted by Crippen LogP contribution is 2.16. The van der Waals surface area contributed by atoms with E-state index in [-0.39, 0.29) is 0 Å². The molecule has 0 amide bonds. The molecule has 0 aromatic carbocycles. The lowest BCUT2D eigenvalue weighted by atomic mass is 10.3. The van der Waals surface area contributed by atoms with E-state index in [1.54, 1.807) is 12.1 Å². The van der Waals surface area contributed by atoms with Gasteiger partial charge in [-0.25, -0.2) is 0 Å². The second kappa shape index (κ2) is 5.76. The number of carbonyl (C=O) groups excluding carboxylic acids is 1. The van der Waals surface area contributed by atoms with E-state index in [1.165, 1.54) is 13.2 Å². The molecular weight excluding hydrogens is 196 g/mol. The van der Waals surface area contributed by atoms with Crippen molar-refractivity contribution in [3.8, 4) is 12.0 Å². The van der Waals surface area contributed by atoms with Crippen LogP contribution in [0.5, 0.6) is 0 Å². The molecule has 0 aliphatic carbocycles. The zero-order valence-corrected chi connectivity index (χ0v) is 8.65. The highest BCUT2D eigenvalue weighted by atomic mass is 16.5. The summed E-state index contributed by atoms with van der Waals surface area (Å²) in [6.45, 7) is 3.62. The predicted octanol–water partition coefficient (Wildman–Crippen LogP) is 1.88. The van der Waals surface area contributed by atoms with Crippen molar-refractivity contribution in [2.24, 2.45) is 0 Å². The first kappa shape index (κ1) is 11.2. The van der Waals surface area contributed by atoms with Crippen LogP contribution in [0.15, 0.2) is 22.8 Å². The molecule has 0 bridgehead atoms. The molecule has 4 heteroatoms. The smallest absolute Gasteiger partial charge is 0.304 e. The molecule has 1 aromatic rings. The summed E-state index contributed by atoms with van der Waals surface area (Å²) in [7, 11) is 0. The van der Waals surface area contributed by atoms with Crippen LogP contribution in [0.1, 0.15) is 25.7 Å². The van der Waals surface area contributed by atoms with Gasteiger partial charge in [0.15, 0.2) is 5.76 Å². The minimum absolute atomic E-state index is 0.415. The Morgan fingerprint density at radius 2 is 2.47 bits per heavy atom. The fourth-order valence-corrected chi connectivity index (χ4v) is 0.932. The standard InChI is InChI=1S/C11H12O4/c1-3-13-8-6-11(15-9(2)12)10-5-4-7-14-10/h4-5,7,11H,3H2,1-2H3. The maximum atomic E-state index is 10.8. The molecule has 0 N–H and O–H groups in total. The van der Waals surface area contributed by atoms with E-state index in [4.69, 9.17) is 13.9 Å². The second-order valence-electron chi connectivity index (χ2n) is 2.68. The fourth-order valence-electron chi connectivity index (χ4n) is 0.932. The van der Waals surface area contributed by atoms with Crippen LogP contribution < -0.4 is 0 Å². The molecule has 0 fully saturated rings. The van der Waals surface area contributed by atoms with Crippen molar-refractivity contribution in [2.75, 3.05) is 6.61 Å². The maximum absolute atomic E-state index is 10.8. The summed E-state index contributed by atoms with van der Waals surface area (Å²) in [5.74, 6) is 2.71. The Balaban J connectivity index is 2.71. The average molecular weight is 208 g/mol. The number of hydrogen-bond acceptors (Lipinski definition) is 4. The van der Waals surface area contributed by atoms with Gasteiger partial charge in [-0.3, -0.25) is 4.79 Å². The Morgan fingerprint density at radius 3 is 3.00 bits per heavy atom. The molecule has 0 aliphatic heterocycles. The van der Waals surface area contributed by atoms with Gasteiger partial charge in [0.1, 0.15) is 6.11 Å². The minimum atomic E-state index is -0.705. The van der Waals surface area contributed by atoms with Crippen LogP contribution in [-0.2, 0) is 14.3 Å². The monoisotopic (exact) mass is 208 g/mol. The fraction of sp³-hybridized carbons (Fsp3) is 0.364. The van der Waals surface area contributed by atoms with Gasteiger partial charge in [-0.15, -0.1) is 0 Å². The van der Waals surface area contributed by atoms with Gasteiger partial charge in [0.25, 0.3) is 0 Å². The quantitative estimate of drug-likeness (QED) is 0.562. The van der Waals surface area contributed by atoms with Crippen molar-refractivity contribution < 1.29 is 18.7 Å². The number of carbonyl (C=O) groups is 1. The van der Waals surface area contributed by atoms with Crippen molar-refractivity contribution in [1.82, 2.24) is 0 Å². The van der Waals surface area contributed by atoms with Crippen molar-refractivity contribution in [3.63, 3.8) is 0 Å². The van der Waals surface area contributed by atoms with E-state index >= 15 is 0 Å². The third kappa shape index (κ3) is 3.77. The lowest BCUT2D eigenvalue weighted by Gasteiger charge is -2.06. The third-order valence-electron chi connectivity index (χ3n) is 1.49. The first-order chi connectivity index (χ1) is 7.24. The molecule has 0 aliphatic rings. The molecule has 1 aromatic heterocycles. The number of furan rings is 1. The molecule has 0 spiro atoms. The molecule has 80 valence electrons. The van der Waals surface area contributed by atoms with E-state index in [9.17, 15) is 4.79 Å². The topological polar surface area (TPSA) is 48.7 Å². The van der Waals surface area contributed by atoms with Crippen LogP contribution in [0.4, 0.5) is 0 Å². The van der Waals surface area contributed by atoms with E-state index in [0.717, 1.165) is 0 Å². The summed E-state index contributed by atoms with van der Waals surface area (Å²) in [4.78, 5) is 10.8. The normalized spacial score (nSPS) is 11.1. The van der Waals surface area contributed by atoms with E-state index in [1.807, 2.05) is 6.92 Å². The molecule has 0 saturated heterocycles. The van der Waals surface area contributed by atoms with Crippen LogP contribution in [0.3, 0.4) is 0 Å². The van der Waals surface area contributed by atoms with Gasteiger partial charge in [-0.2, -0.15) is 0 Å². The summed E-state index contributed by atoms with van der Waals surface area (Å²) in [5, 5.41) is 0. The first-order valence-corrected chi connectivity index (χ1v) is 4.57. The molecule has 1 unspecified atom stereocenters. The number of rotatable bonds is 3. The number of hydrogen-bond donors (Lipinski definition) is 0. The van der Waals surface area contributed by atoms with E-state index in [2.05, 4.69) is 12.0 Å². The second-order valence-corrected chi connectivity index (χ2v) is 2.68. The molecule has 0 saturated carbocycles. The van der Waals surface area contributed by atoms with Gasteiger partial charge in [0.2, 0.25) is 6.10 Å². The van der Waals surface area contributed by atoms with Gasteiger partial charge in [-0.1, -0.05) is 0 Å². The van der Waals surface area contributed by atoms with Crippen LogP contribution in [0.2, 0.25) is 0 Å². The van der Waals surface area contributed by atoms with Gasteiger partial charge >= 0.3 is 5.97 Å². The van der Waals surface area contributed by atoms with Gasteiger partial charge in [-0.05, 0) is 25.0 Å². The molecule has 15 heavy (non-hydrogen) atoms. The van der Waals surface area contributed by atoms with Gasteiger partial charge in [0, 0.05) is 6.92 Å². The van der Waals surface area contributed by atoms with Crippen molar-refractivity contribution >= 4 is 5.97 Å². The van der Waals surface area contributed by atoms with Gasteiger partial charge < -0.3 is 13.9 Å². The van der Waals surface area contributed by atoms with Gasteiger partial charge in [0.05, 0.1) is 12.9 Å². The number of ether oxygens (including phenoxy) is 2. The molecule has 1 heterocycles. The van der Waals surface area contributed by atoms with Crippen LogP contribution in [-0.4, -0.2) is 12.6 Å². The predicted molar refractivity (Wildman–Crippen MR) is 52.6 cm³/mol. The minimum Gasteiger partial charge on any atom is -0.464 e. The summed E-state index contributed by atoms with van der Waals surface area (Å²) in [5.41, 5.74) is 0. The van der Waals surface area contributed by atoms with Crippen molar-refractivity contribution in [2.45, 2.75) is 20.0 Å². The van der Waals surface area contributed by atoms with Crippen LogP contribution in [0.25, 0.3) is 0 Å². The molecule has 1 rings (SSSR count). The lowest BCUT2D eigenvalue weighted by molar-refractivity contribution is -0.144. The summed E-state index contributed by atoms with van der Waals surface area (Å²) >= 11 is 0. The molecule has 1 atom stereocenters. The summed E-state index contributed by atoms with van der Waals surface area (Å²) < 4.78 is 14.9. The summed E-state index contributed by atoms with van der Waals surface area (Å²) in [6.07, 6.45) is 3.23. The molecule has 4 nitrogen and oxygen atoms in total. The van der Waals surface area contributed by atoms with Crippen molar-refractivity contribution in [1.29, 1.82) is 0 Å². The molecular formula is C11H12O4. The van der Waals surface area contributed by atoms with Crippen LogP contribution >= 0.6 is 0 Å². The van der Waals surface area contributed by atoms with Crippen molar-refractivity contribution in [3.05, 3.63) is 24.2 Å². The Kier molecular flexibility index (Phi) is 4.30.